The van der Waals surface area contributed by atoms with Crippen LogP contribution in [0.1, 0.15) is 34.9 Å². The van der Waals surface area contributed by atoms with E-state index in [4.69, 9.17) is 4.74 Å². The molecule has 21 heavy (non-hydrogen) atoms. The topological polar surface area (TPSA) is 57.0 Å². The maximum atomic E-state index is 12.3. The van der Waals surface area contributed by atoms with E-state index < -0.39 is 0 Å². The number of aromatic nitrogens is 3. The number of hydrogen-bond acceptors (Lipinski definition) is 5. The largest absolute Gasteiger partial charge is 0.496 e. The van der Waals surface area contributed by atoms with E-state index in [0.717, 1.165) is 11.0 Å². The van der Waals surface area contributed by atoms with Crippen molar-refractivity contribution in [2.75, 3.05) is 12.9 Å². The SMILES string of the molecule is COc1ccccc1C(=O)CSc1nnc(C2CC2)n1C. The summed E-state index contributed by atoms with van der Waals surface area (Å²) in [5.74, 6) is 2.56. The molecule has 1 aromatic carbocycles. The van der Waals surface area contributed by atoms with Crippen molar-refractivity contribution in [3.63, 3.8) is 0 Å². The zero-order valence-electron chi connectivity index (χ0n) is 12.1. The first-order valence-corrected chi connectivity index (χ1v) is 7.87. The quantitative estimate of drug-likeness (QED) is 0.606. The molecule has 1 fully saturated rings. The lowest BCUT2D eigenvalue weighted by atomic mass is 10.1. The number of ether oxygens (including phenoxy) is 1. The van der Waals surface area contributed by atoms with Crippen LogP contribution in [0.3, 0.4) is 0 Å². The van der Waals surface area contributed by atoms with Crippen LogP contribution in [0.4, 0.5) is 0 Å². The van der Waals surface area contributed by atoms with Gasteiger partial charge >= 0.3 is 0 Å². The monoisotopic (exact) mass is 303 g/mol. The van der Waals surface area contributed by atoms with E-state index in [-0.39, 0.29) is 5.78 Å². The Labute approximate surface area is 127 Å². The third-order valence-electron chi connectivity index (χ3n) is 3.55. The van der Waals surface area contributed by atoms with Crippen LogP contribution in [-0.4, -0.2) is 33.4 Å². The Morgan fingerprint density at radius 3 is 2.86 bits per heavy atom. The minimum Gasteiger partial charge on any atom is -0.496 e. The second-order valence-electron chi connectivity index (χ2n) is 5.09. The molecule has 1 heterocycles. The maximum Gasteiger partial charge on any atom is 0.191 e. The Morgan fingerprint density at radius 2 is 2.14 bits per heavy atom. The van der Waals surface area contributed by atoms with Crippen LogP contribution >= 0.6 is 11.8 Å². The highest BCUT2D eigenvalue weighted by molar-refractivity contribution is 7.99. The number of methoxy groups -OCH3 is 1. The fraction of sp³-hybridized carbons (Fsp3) is 0.400. The first-order chi connectivity index (χ1) is 10.2. The van der Waals surface area contributed by atoms with Crippen LogP contribution in [0.25, 0.3) is 0 Å². The number of nitrogens with zero attached hydrogens (tertiary/aromatic N) is 3. The molecule has 0 saturated heterocycles. The van der Waals surface area contributed by atoms with Gasteiger partial charge in [0.1, 0.15) is 11.6 Å². The number of para-hydroxylation sites is 1. The Bertz CT molecular complexity index is 665. The van der Waals surface area contributed by atoms with Gasteiger partial charge in [0.05, 0.1) is 18.4 Å². The first-order valence-electron chi connectivity index (χ1n) is 6.89. The molecule has 5 nitrogen and oxygen atoms in total. The van der Waals surface area contributed by atoms with Crippen LogP contribution < -0.4 is 4.74 Å². The summed E-state index contributed by atoms with van der Waals surface area (Å²) < 4.78 is 7.22. The molecule has 6 heteroatoms. The van der Waals surface area contributed by atoms with Gasteiger partial charge in [0, 0.05) is 13.0 Å². The summed E-state index contributed by atoms with van der Waals surface area (Å²) in [6.07, 6.45) is 2.38. The normalized spacial score (nSPS) is 14.2. The molecule has 0 radical (unpaired) electrons. The van der Waals surface area contributed by atoms with Crippen LogP contribution in [0.2, 0.25) is 0 Å². The smallest absolute Gasteiger partial charge is 0.191 e. The average molecular weight is 303 g/mol. The van der Waals surface area contributed by atoms with E-state index >= 15 is 0 Å². The Kier molecular flexibility index (Phi) is 3.96. The molecule has 2 aromatic rings. The molecule has 0 aliphatic heterocycles. The highest BCUT2D eigenvalue weighted by Crippen LogP contribution is 2.39. The van der Waals surface area contributed by atoms with Crippen molar-refractivity contribution in [3.05, 3.63) is 35.7 Å². The maximum absolute atomic E-state index is 12.3. The van der Waals surface area contributed by atoms with Crippen molar-refractivity contribution in [3.8, 4) is 5.75 Å². The van der Waals surface area contributed by atoms with Crippen molar-refractivity contribution in [1.29, 1.82) is 0 Å². The average Bonchev–Trinajstić information content (AvgIpc) is 3.29. The lowest BCUT2D eigenvalue weighted by Crippen LogP contribution is -2.06. The molecule has 1 aliphatic rings. The number of ketones is 1. The van der Waals surface area contributed by atoms with Crippen molar-refractivity contribution >= 4 is 17.5 Å². The van der Waals surface area contributed by atoms with Crippen molar-refractivity contribution < 1.29 is 9.53 Å². The van der Waals surface area contributed by atoms with E-state index in [9.17, 15) is 4.79 Å². The lowest BCUT2D eigenvalue weighted by molar-refractivity contribution is 0.101. The van der Waals surface area contributed by atoms with Crippen LogP contribution in [0.5, 0.6) is 5.75 Å². The molecule has 0 spiro atoms. The van der Waals surface area contributed by atoms with Gasteiger partial charge in [0.15, 0.2) is 10.9 Å². The highest BCUT2D eigenvalue weighted by Gasteiger charge is 2.29. The second-order valence-corrected chi connectivity index (χ2v) is 6.03. The third kappa shape index (κ3) is 2.95. The lowest BCUT2D eigenvalue weighted by Gasteiger charge is -2.07. The number of carbonyl (C=O) groups excluding carboxylic acids is 1. The fourth-order valence-corrected chi connectivity index (χ4v) is 3.03. The molecule has 1 aliphatic carbocycles. The third-order valence-corrected chi connectivity index (χ3v) is 4.57. The Hall–Kier alpha value is -1.82. The molecule has 0 N–H and O–H groups in total. The first kappa shape index (κ1) is 14.1. The van der Waals surface area contributed by atoms with Gasteiger partial charge in [-0.05, 0) is 25.0 Å². The number of benzene rings is 1. The summed E-state index contributed by atoms with van der Waals surface area (Å²) in [4.78, 5) is 12.3. The summed E-state index contributed by atoms with van der Waals surface area (Å²) in [6, 6.07) is 7.28. The van der Waals surface area contributed by atoms with E-state index in [1.54, 1.807) is 19.2 Å². The van der Waals surface area contributed by atoms with Crippen molar-refractivity contribution in [1.82, 2.24) is 14.8 Å². The van der Waals surface area contributed by atoms with Crippen molar-refractivity contribution in [2.45, 2.75) is 23.9 Å². The van der Waals surface area contributed by atoms with Gasteiger partial charge in [-0.3, -0.25) is 4.79 Å². The predicted octanol–water partition coefficient (Wildman–Crippen LogP) is 2.68. The standard InChI is InChI=1S/C15H17N3O2S/c1-18-14(10-7-8-10)16-17-15(18)21-9-12(19)11-5-3-4-6-13(11)20-2/h3-6,10H,7-9H2,1-2H3. The molecule has 0 amide bonds. The van der Waals surface area contributed by atoms with E-state index in [1.165, 1.54) is 24.6 Å². The van der Waals surface area contributed by atoms with Gasteiger partial charge in [0.2, 0.25) is 0 Å². The second kappa shape index (κ2) is 5.89. The number of hydrogen-bond donors (Lipinski definition) is 0. The number of rotatable bonds is 6. The van der Waals surface area contributed by atoms with E-state index in [1.807, 2.05) is 23.7 Å². The zero-order valence-corrected chi connectivity index (χ0v) is 12.9. The van der Waals surface area contributed by atoms with Gasteiger partial charge in [-0.15, -0.1) is 10.2 Å². The molecular formula is C15H17N3O2S. The fourth-order valence-electron chi connectivity index (χ4n) is 2.23. The van der Waals surface area contributed by atoms with Gasteiger partial charge in [0.25, 0.3) is 0 Å². The molecule has 0 atom stereocenters. The Balaban J connectivity index is 1.68. The number of Topliss-reactive ketones (excluding diaryl/α,β-unsaturated/α-hetero) is 1. The Morgan fingerprint density at radius 1 is 1.38 bits per heavy atom. The summed E-state index contributed by atoms with van der Waals surface area (Å²) in [6.45, 7) is 0. The van der Waals surface area contributed by atoms with Crippen LogP contribution in [0.15, 0.2) is 29.4 Å². The number of carbonyl (C=O) groups is 1. The van der Waals surface area contributed by atoms with Gasteiger partial charge < -0.3 is 9.30 Å². The van der Waals surface area contributed by atoms with Gasteiger partial charge in [-0.2, -0.15) is 0 Å². The van der Waals surface area contributed by atoms with E-state index in [0.29, 0.717) is 23.0 Å². The summed E-state index contributed by atoms with van der Waals surface area (Å²) in [5.41, 5.74) is 0.608. The molecular weight excluding hydrogens is 286 g/mol. The zero-order chi connectivity index (χ0) is 14.8. The highest BCUT2D eigenvalue weighted by atomic mass is 32.2. The van der Waals surface area contributed by atoms with Crippen molar-refractivity contribution in [2.24, 2.45) is 7.05 Å². The molecule has 0 unspecified atom stereocenters. The van der Waals surface area contributed by atoms with Crippen LogP contribution in [0, 0.1) is 0 Å². The summed E-state index contributed by atoms with van der Waals surface area (Å²) in [5, 5.41) is 9.19. The van der Waals surface area contributed by atoms with Gasteiger partial charge in [-0.25, -0.2) is 0 Å². The molecule has 1 saturated carbocycles. The van der Waals surface area contributed by atoms with Gasteiger partial charge in [-0.1, -0.05) is 23.9 Å². The summed E-state index contributed by atoms with van der Waals surface area (Å²) >= 11 is 1.42. The van der Waals surface area contributed by atoms with E-state index in [2.05, 4.69) is 10.2 Å². The minimum atomic E-state index is 0.0356. The molecule has 0 bridgehead atoms. The summed E-state index contributed by atoms with van der Waals surface area (Å²) in [7, 11) is 3.54. The molecule has 110 valence electrons. The molecule has 3 rings (SSSR count). The number of thioether (sulfide) groups is 1. The minimum absolute atomic E-state index is 0.0356. The molecule has 1 aromatic heterocycles. The predicted molar refractivity (Wildman–Crippen MR) is 81.0 cm³/mol. The van der Waals surface area contributed by atoms with Crippen LogP contribution in [-0.2, 0) is 7.05 Å².